The van der Waals surface area contributed by atoms with E-state index in [0.717, 1.165) is 43.4 Å². The number of benzene rings is 4. The number of carboxylic acid groups (broad SMARTS) is 1. The van der Waals surface area contributed by atoms with Crippen LogP contribution in [0.1, 0.15) is 10.6 Å². The van der Waals surface area contributed by atoms with Crippen molar-refractivity contribution in [3.63, 3.8) is 0 Å². The van der Waals surface area contributed by atoms with Crippen LogP contribution in [0.15, 0.2) is 78.9 Å². The maximum Gasteiger partial charge on any atom is 0.341 e. The number of aliphatic carboxylic acids is 1. The highest BCUT2D eigenvalue weighted by molar-refractivity contribution is 7.15. The summed E-state index contributed by atoms with van der Waals surface area (Å²) in [7, 11) is 0. The van der Waals surface area contributed by atoms with Crippen LogP contribution in [0.3, 0.4) is 0 Å². The molecule has 38 heavy (non-hydrogen) atoms. The van der Waals surface area contributed by atoms with Crippen molar-refractivity contribution in [1.29, 1.82) is 0 Å². The molecule has 0 bridgehead atoms. The molecule has 0 radical (unpaired) electrons. The molecule has 1 aliphatic rings. The van der Waals surface area contributed by atoms with E-state index in [2.05, 4.69) is 30.3 Å². The third-order valence-electron chi connectivity index (χ3n) is 6.19. The molecule has 0 aliphatic carbocycles. The Kier molecular flexibility index (Phi) is 6.31. The lowest BCUT2D eigenvalue weighted by atomic mass is 10.0. The highest BCUT2D eigenvalue weighted by atomic mass is 32.1. The van der Waals surface area contributed by atoms with Gasteiger partial charge in [-0.05, 0) is 71.3 Å². The van der Waals surface area contributed by atoms with Crippen LogP contribution in [0.5, 0.6) is 23.0 Å². The summed E-state index contributed by atoms with van der Waals surface area (Å²) in [5.74, 6) is 1.58. The number of rotatable bonds is 8. The number of aromatic nitrogens is 1. The van der Waals surface area contributed by atoms with Crippen LogP contribution in [0.2, 0.25) is 0 Å². The molecule has 0 spiro atoms. The first kappa shape index (κ1) is 23.8. The molecule has 6 rings (SSSR count). The first-order valence-electron chi connectivity index (χ1n) is 12.0. The molecule has 2 heterocycles. The van der Waals surface area contributed by atoms with Crippen molar-refractivity contribution in [3.8, 4) is 44.7 Å². The largest absolute Gasteiger partial charge is 0.486 e. The molecule has 1 aliphatic heterocycles. The predicted octanol–water partition coefficient (Wildman–Crippen LogP) is 6.71. The van der Waals surface area contributed by atoms with Crippen molar-refractivity contribution < 1.29 is 28.8 Å². The van der Waals surface area contributed by atoms with E-state index >= 15 is 0 Å². The Hall–Kier alpha value is -4.56. The Balaban J connectivity index is 1.31. The van der Waals surface area contributed by atoms with Crippen molar-refractivity contribution in [3.05, 3.63) is 89.4 Å². The van der Waals surface area contributed by atoms with Gasteiger partial charge in [0.05, 0.1) is 10.6 Å². The number of hydrogen-bond donors (Lipinski definition) is 1. The van der Waals surface area contributed by atoms with E-state index in [1.165, 1.54) is 5.39 Å². The molecule has 0 atom stereocenters. The van der Waals surface area contributed by atoms with Crippen LogP contribution < -0.4 is 18.9 Å². The first-order chi connectivity index (χ1) is 18.5. The smallest absolute Gasteiger partial charge is 0.341 e. The van der Waals surface area contributed by atoms with Gasteiger partial charge in [-0.2, -0.15) is 0 Å². The van der Waals surface area contributed by atoms with Gasteiger partial charge in [0.25, 0.3) is 0 Å². The Bertz CT molecular complexity index is 1660. The van der Waals surface area contributed by atoms with Gasteiger partial charge >= 0.3 is 5.97 Å². The minimum Gasteiger partial charge on any atom is -0.486 e. The summed E-state index contributed by atoms with van der Waals surface area (Å²) in [5, 5.41) is 12.0. The van der Waals surface area contributed by atoms with E-state index < -0.39 is 5.97 Å². The van der Waals surface area contributed by atoms with Crippen LogP contribution >= 0.6 is 11.3 Å². The van der Waals surface area contributed by atoms with Gasteiger partial charge in [-0.15, -0.1) is 11.3 Å². The van der Waals surface area contributed by atoms with Crippen molar-refractivity contribution in [1.82, 2.24) is 4.98 Å². The zero-order chi connectivity index (χ0) is 26.1. The van der Waals surface area contributed by atoms with Crippen molar-refractivity contribution in [2.24, 2.45) is 0 Å². The SMILES string of the molecule is Cc1cc(OCc2nc(-c3ccc4c(c3)OCO4)c(-c3ccc4ccccc4c3)s2)ccc1OCC(=O)O. The Morgan fingerprint density at radius 1 is 0.921 bits per heavy atom. The van der Waals surface area contributed by atoms with Gasteiger partial charge in [0.15, 0.2) is 18.1 Å². The molecule has 1 aromatic heterocycles. The number of fused-ring (bicyclic) bond motifs is 2. The Morgan fingerprint density at radius 3 is 2.58 bits per heavy atom. The Morgan fingerprint density at radius 2 is 1.74 bits per heavy atom. The summed E-state index contributed by atoms with van der Waals surface area (Å²) in [4.78, 5) is 16.8. The van der Waals surface area contributed by atoms with Gasteiger partial charge in [-0.3, -0.25) is 0 Å². The summed E-state index contributed by atoms with van der Waals surface area (Å²) < 4.78 is 22.5. The maximum absolute atomic E-state index is 10.8. The lowest BCUT2D eigenvalue weighted by Gasteiger charge is -2.09. The van der Waals surface area contributed by atoms with Crippen molar-refractivity contribution in [2.45, 2.75) is 13.5 Å². The molecular weight excluding hydrogens is 502 g/mol. The van der Waals surface area contributed by atoms with E-state index in [9.17, 15) is 4.79 Å². The van der Waals surface area contributed by atoms with Crippen LogP contribution in [-0.2, 0) is 11.4 Å². The molecule has 0 amide bonds. The lowest BCUT2D eigenvalue weighted by molar-refractivity contribution is -0.139. The predicted molar refractivity (Wildman–Crippen MR) is 145 cm³/mol. The summed E-state index contributed by atoms with van der Waals surface area (Å²) in [5.41, 5.74) is 3.67. The molecule has 5 aromatic rings. The third kappa shape index (κ3) is 4.86. The maximum atomic E-state index is 10.8. The van der Waals surface area contributed by atoms with E-state index in [-0.39, 0.29) is 20.0 Å². The van der Waals surface area contributed by atoms with Crippen LogP contribution in [-0.4, -0.2) is 29.5 Å². The molecular formula is C30H23NO6S. The fraction of sp³-hybridized carbons (Fsp3) is 0.133. The standard InChI is InChI=1S/C30H23NO6S/c1-18-12-23(9-11-24(18)35-16-28(32)33)34-15-27-31-29(21-8-10-25-26(14-21)37-17-36-25)30(38-27)22-7-6-19-4-2-3-5-20(19)13-22/h2-14H,15-17H2,1H3,(H,32,33). The van der Waals surface area contributed by atoms with E-state index in [0.29, 0.717) is 17.2 Å². The summed E-state index contributed by atoms with van der Waals surface area (Å²) in [6, 6.07) is 25.9. The zero-order valence-electron chi connectivity index (χ0n) is 20.5. The van der Waals surface area contributed by atoms with Gasteiger partial charge in [0.1, 0.15) is 23.1 Å². The number of ether oxygens (including phenoxy) is 4. The second-order valence-corrected chi connectivity index (χ2v) is 9.90. The molecule has 0 unspecified atom stereocenters. The van der Waals surface area contributed by atoms with E-state index in [4.69, 9.17) is 29.0 Å². The van der Waals surface area contributed by atoms with Crippen LogP contribution in [0.4, 0.5) is 0 Å². The average Bonchev–Trinajstić information content (AvgIpc) is 3.58. The van der Waals surface area contributed by atoms with Gasteiger partial charge in [0, 0.05) is 5.56 Å². The molecule has 7 nitrogen and oxygen atoms in total. The number of nitrogens with zero attached hydrogens (tertiary/aromatic N) is 1. The van der Waals surface area contributed by atoms with E-state index in [1.54, 1.807) is 23.5 Å². The Labute approximate surface area is 222 Å². The first-order valence-corrected chi connectivity index (χ1v) is 12.8. The normalized spacial score (nSPS) is 12.0. The molecule has 4 aromatic carbocycles. The summed E-state index contributed by atoms with van der Waals surface area (Å²) >= 11 is 1.59. The monoisotopic (exact) mass is 525 g/mol. The minimum absolute atomic E-state index is 0.214. The fourth-order valence-electron chi connectivity index (χ4n) is 4.35. The molecule has 0 saturated heterocycles. The number of carbonyl (C=O) groups is 1. The van der Waals surface area contributed by atoms with Gasteiger partial charge in [-0.1, -0.05) is 36.4 Å². The van der Waals surface area contributed by atoms with E-state index in [1.807, 2.05) is 43.3 Å². The second kappa shape index (κ2) is 10.1. The van der Waals surface area contributed by atoms with Gasteiger partial charge < -0.3 is 24.1 Å². The number of aryl methyl sites for hydroxylation is 1. The summed E-state index contributed by atoms with van der Waals surface area (Å²) in [6.45, 7) is 1.96. The van der Waals surface area contributed by atoms with Crippen molar-refractivity contribution >= 4 is 28.1 Å². The molecule has 190 valence electrons. The van der Waals surface area contributed by atoms with Crippen LogP contribution in [0.25, 0.3) is 32.5 Å². The highest BCUT2D eigenvalue weighted by Crippen LogP contribution is 2.42. The molecule has 8 heteroatoms. The van der Waals surface area contributed by atoms with Gasteiger partial charge in [-0.25, -0.2) is 9.78 Å². The minimum atomic E-state index is -1.02. The van der Waals surface area contributed by atoms with Crippen molar-refractivity contribution in [2.75, 3.05) is 13.4 Å². The lowest BCUT2D eigenvalue weighted by Crippen LogP contribution is -2.10. The van der Waals surface area contributed by atoms with Gasteiger partial charge in [0.2, 0.25) is 6.79 Å². The number of carboxylic acids is 1. The molecule has 0 saturated carbocycles. The topological polar surface area (TPSA) is 87.1 Å². The number of thiazole rings is 1. The highest BCUT2D eigenvalue weighted by Gasteiger charge is 2.20. The average molecular weight is 526 g/mol. The third-order valence-corrected chi connectivity index (χ3v) is 7.27. The summed E-state index contributed by atoms with van der Waals surface area (Å²) in [6.07, 6.45) is 0. The fourth-order valence-corrected chi connectivity index (χ4v) is 5.35. The zero-order valence-corrected chi connectivity index (χ0v) is 21.3. The quantitative estimate of drug-likeness (QED) is 0.241. The second-order valence-electron chi connectivity index (χ2n) is 8.81. The number of hydrogen-bond acceptors (Lipinski definition) is 7. The molecule has 0 fully saturated rings. The van der Waals surface area contributed by atoms with Crippen LogP contribution in [0, 0.1) is 6.92 Å². The molecule has 1 N–H and O–H groups in total.